The van der Waals surface area contributed by atoms with Crippen LogP contribution < -0.4 is 9.64 Å². The molecular weight excluding hydrogens is 344 g/mol. The smallest absolute Gasteiger partial charge is 0.307 e. The molecule has 1 atom stereocenters. The fourth-order valence-corrected chi connectivity index (χ4v) is 4.80. The summed E-state index contributed by atoms with van der Waals surface area (Å²) in [5.41, 5.74) is 0.616. The Labute approximate surface area is 160 Å². The number of nitrogens with zero attached hydrogens (tertiary/aromatic N) is 2. The number of ether oxygens (including phenoxy) is 2. The topological polar surface area (TPSA) is 59.1 Å². The highest BCUT2D eigenvalue weighted by Gasteiger charge is 2.53. The van der Waals surface area contributed by atoms with Crippen LogP contribution in [-0.4, -0.2) is 55.7 Å². The van der Waals surface area contributed by atoms with Gasteiger partial charge in [-0.05, 0) is 49.9 Å². The van der Waals surface area contributed by atoms with Crippen LogP contribution in [0.3, 0.4) is 0 Å². The number of carbonyl (C=O) groups is 2. The summed E-state index contributed by atoms with van der Waals surface area (Å²) in [6, 6.07) is 8.02. The van der Waals surface area contributed by atoms with Gasteiger partial charge in [-0.3, -0.25) is 9.59 Å². The van der Waals surface area contributed by atoms with Crippen LogP contribution in [0.5, 0.6) is 5.75 Å². The molecule has 0 aromatic heterocycles. The SMILES string of the molecule is COc1ccc(N2CCN(C(=O)C3CC(=O)OC34CCCCC4)CC2)cc1. The van der Waals surface area contributed by atoms with Crippen LogP contribution in [-0.2, 0) is 14.3 Å². The van der Waals surface area contributed by atoms with Crippen molar-refractivity contribution in [1.29, 1.82) is 0 Å². The van der Waals surface area contributed by atoms with Gasteiger partial charge in [0.25, 0.3) is 0 Å². The fourth-order valence-electron chi connectivity index (χ4n) is 4.80. The standard InChI is InChI=1S/C21H28N2O4/c1-26-17-7-5-16(6-8-17)22-11-13-23(14-12-22)20(25)18-15-19(24)27-21(18)9-3-2-4-10-21/h5-8,18H,2-4,9-15H2,1H3. The Morgan fingerprint density at radius 1 is 1.07 bits per heavy atom. The monoisotopic (exact) mass is 372 g/mol. The molecule has 1 aliphatic carbocycles. The van der Waals surface area contributed by atoms with Gasteiger partial charge in [0.05, 0.1) is 19.4 Å². The Kier molecular flexibility index (Phi) is 4.98. The van der Waals surface area contributed by atoms with Gasteiger partial charge in [0.2, 0.25) is 5.91 Å². The maximum absolute atomic E-state index is 13.2. The van der Waals surface area contributed by atoms with E-state index in [-0.39, 0.29) is 24.2 Å². The first-order valence-corrected chi connectivity index (χ1v) is 10.0. The summed E-state index contributed by atoms with van der Waals surface area (Å²) < 4.78 is 10.9. The molecule has 1 amide bonds. The first-order valence-electron chi connectivity index (χ1n) is 10.0. The summed E-state index contributed by atoms with van der Waals surface area (Å²) in [6.45, 7) is 2.97. The molecule has 3 aliphatic rings. The van der Waals surface area contributed by atoms with Gasteiger partial charge >= 0.3 is 5.97 Å². The molecule has 0 radical (unpaired) electrons. The lowest BCUT2D eigenvalue weighted by molar-refractivity contribution is -0.155. The van der Waals surface area contributed by atoms with Gasteiger partial charge in [0.1, 0.15) is 11.4 Å². The van der Waals surface area contributed by atoms with Gasteiger partial charge in [-0.2, -0.15) is 0 Å². The van der Waals surface area contributed by atoms with Gasteiger partial charge in [0.15, 0.2) is 0 Å². The molecule has 2 heterocycles. The second kappa shape index (κ2) is 7.41. The molecule has 0 N–H and O–H groups in total. The van der Waals surface area contributed by atoms with Crippen molar-refractivity contribution in [1.82, 2.24) is 4.90 Å². The maximum Gasteiger partial charge on any atom is 0.307 e. The van der Waals surface area contributed by atoms with Crippen LogP contribution in [0.25, 0.3) is 0 Å². The van der Waals surface area contributed by atoms with Crippen LogP contribution in [0.2, 0.25) is 0 Å². The third-order valence-corrected chi connectivity index (χ3v) is 6.35. The highest BCUT2D eigenvalue weighted by Crippen LogP contribution is 2.45. The molecule has 1 aromatic rings. The van der Waals surface area contributed by atoms with Crippen molar-refractivity contribution in [3.63, 3.8) is 0 Å². The third-order valence-electron chi connectivity index (χ3n) is 6.35. The molecule has 2 saturated heterocycles. The van der Waals surface area contributed by atoms with E-state index < -0.39 is 5.60 Å². The number of benzene rings is 1. The molecular formula is C21H28N2O4. The minimum Gasteiger partial charge on any atom is -0.497 e. The number of anilines is 1. The third kappa shape index (κ3) is 3.49. The zero-order valence-electron chi connectivity index (χ0n) is 16.0. The van der Waals surface area contributed by atoms with E-state index >= 15 is 0 Å². The van der Waals surface area contributed by atoms with Crippen LogP contribution in [0, 0.1) is 5.92 Å². The second-order valence-corrected chi connectivity index (χ2v) is 7.87. The Balaban J connectivity index is 1.40. The highest BCUT2D eigenvalue weighted by molar-refractivity contribution is 5.88. The van der Waals surface area contributed by atoms with E-state index in [0.29, 0.717) is 13.1 Å². The van der Waals surface area contributed by atoms with Crippen molar-refractivity contribution in [2.45, 2.75) is 44.1 Å². The van der Waals surface area contributed by atoms with Gasteiger partial charge in [-0.25, -0.2) is 0 Å². The summed E-state index contributed by atoms with van der Waals surface area (Å²) >= 11 is 0. The first-order chi connectivity index (χ1) is 13.1. The van der Waals surface area contributed by atoms with Crippen molar-refractivity contribution in [2.24, 2.45) is 5.92 Å². The maximum atomic E-state index is 13.2. The summed E-state index contributed by atoms with van der Waals surface area (Å²) in [5.74, 6) is 0.457. The molecule has 1 aromatic carbocycles. The largest absolute Gasteiger partial charge is 0.497 e. The van der Waals surface area contributed by atoms with E-state index in [4.69, 9.17) is 9.47 Å². The molecule has 146 valence electrons. The van der Waals surface area contributed by atoms with Crippen molar-refractivity contribution in [2.75, 3.05) is 38.2 Å². The number of rotatable bonds is 3. The van der Waals surface area contributed by atoms with Gasteiger partial charge < -0.3 is 19.3 Å². The predicted octanol–water partition coefficient (Wildman–Crippen LogP) is 2.61. The Morgan fingerprint density at radius 3 is 2.37 bits per heavy atom. The second-order valence-electron chi connectivity index (χ2n) is 7.87. The molecule has 1 saturated carbocycles. The number of esters is 1. The normalized spacial score (nSPS) is 24.8. The minimum atomic E-state index is -0.528. The average Bonchev–Trinajstić information content (AvgIpc) is 3.03. The number of hydrogen-bond donors (Lipinski definition) is 0. The molecule has 3 fully saturated rings. The van der Waals surface area contributed by atoms with Gasteiger partial charge in [-0.15, -0.1) is 0 Å². The number of amides is 1. The van der Waals surface area contributed by atoms with E-state index in [9.17, 15) is 9.59 Å². The van der Waals surface area contributed by atoms with Crippen molar-refractivity contribution in [3.05, 3.63) is 24.3 Å². The van der Waals surface area contributed by atoms with Crippen LogP contribution in [0.4, 0.5) is 5.69 Å². The summed E-state index contributed by atoms with van der Waals surface area (Å²) in [4.78, 5) is 29.4. The number of hydrogen-bond acceptors (Lipinski definition) is 5. The van der Waals surface area contributed by atoms with Crippen LogP contribution >= 0.6 is 0 Å². The lowest BCUT2D eigenvalue weighted by Crippen LogP contribution is -2.53. The Morgan fingerprint density at radius 2 is 1.74 bits per heavy atom. The zero-order chi connectivity index (χ0) is 18.9. The van der Waals surface area contributed by atoms with Crippen molar-refractivity contribution < 1.29 is 19.1 Å². The molecule has 6 nitrogen and oxygen atoms in total. The number of piperazine rings is 1. The molecule has 1 unspecified atom stereocenters. The molecule has 1 spiro atoms. The Bertz CT molecular complexity index is 689. The van der Waals surface area contributed by atoms with Crippen molar-refractivity contribution in [3.8, 4) is 5.75 Å². The van der Waals surface area contributed by atoms with E-state index in [1.54, 1.807) is 7.11 Å². The molecule has 0 bridgehead atoms. The van der Waals surface area contributed by atoms with E-state index in [2.05, 4.69) is 17.0 Å². The molecule has 4 rings (SSSR count). The van der Waals surface area contributed by atoms with Crippen molar-refractivity contribution >= 4 is 17.6 Å². The predicted molar refractivity (Wildman–Crippen MR) is 102 cm³/mol. The Hall–Kier alpha value is -2.24. The van der Waals surface area contributed by atoms with Crippen LogP contribution in [0.15, 0.2) is 24.3 Å². The fraction of sp³-hybridized carbons (Fsp3) is 0.619. The summed E-state index contributed by atoms with van der Waals surface area (Å²) in [7, 11) is 1.66. The zero-order valence-corrected chi connectivity index (χ0v) is 16.0. The first kappa shape index (κ1) is 18.1. The summed E-state index contributed by atoms with van der Waals surface area (Å²) in [5, 5.41) is 0. The minimum absolute atomic E-state index is 0.108. The molecule has 2 aliphatic heterocycles. The summed E-state index contributed by atoms with van der Waals surface area (Å²) in [6.07, 6.45) is 5.17. The quantitative estimate of drug-likeness (QED) is 0.764. The van der Waals surface area contributed by atoms with Crippen LogP contribution in [0.1, 0.15) is 38.5 Å². The van der Waals surface area contributed by atoms with E-state index in [1.807, 2.05) is 17.0 Å². The highest BCUT2D eigenvalue weighted by atomic mass is 16.6. The van der Waals surface area contributed by atoms with E-state index in [0.717, 1.165) is 50.2 Å². The molecule has 6 heteroatoms. The number of carbonyl (C=O) groups excluding carboxylic acids is 2. The van der Waals surface area contributed by atoms with Gasteiger partial charge in [-0.1, -0.05) is 6.42 Å². The molecule has 27 heavy (non-hydrogen) atoms. The number of methoxy groups -OCH3 is 1. The van der Waals surface area contributed by atoms with Gasteiger partial charge in [0, 0.05) is 31.9 Å². The average molecular weight is 372 g/mol. The lowest BCUT2D eigenvalue weighted by atomic mass is 9.75. The lowest BCUT2D eigenvalue weighted by Gasteiger charge is -2.41. The van der Waals surface area contributed by atoms with E-state index in [1.165, 1.54) is 6.42 Å².